The summed E-state index contributed by atoms with van der Waals surface area (Å²) in [7, 11) is 1.81. The van der Waals surface area contributed by atoms with E-state index in [9.17, 15) is 0 Å². The molecule has 1 aromatic carbocycles. The lowest BCUT2D eigenvalue weighted by atomic mass is 10.1. The van der Waals surface area contributed by atoms with Gasteiger partial charge in [0, 0.05) is 19.6 Å². The summed E-state index contributed by atoms with van der Waals surface area (Å²) in [5.41, 5.74) is 1.34. The van der Waals surface area contributed by atoms with Crippen molar-refractivity contribution in [1.82, 2.24) is 10.6 Å². The Morgan fingerprint density at radius 2 is 1.79 bits per heavy atom. The molecule has 0 saturated carbocycles. The molecule has 0 aliphatic rings. The molecule has 0 radical (unpaired) electrons. The predicted octanol–water partition coefficient (Wildman–Crippen LogP) is 3.06. The van der Waals surface area contributed by atoms with Crippen LogP contribution in [0, 0.1) is 5.92 Å². The zero-order chi connectivity index (χ0) is 13.4. The Hall–Kier alpha value is -0.780. The van der Waals surface area contributed by atoms with E-state index < -0.39 is 0 Å². The van der Waals surface area contributed by atoms with E-state index in [0.29, 0.717) is 12.0 Å². The Labute approximate surface area is 134 Å². The fourth-order valence-corrected chi connectivity index (χ4v) is 1.55. The summed E-state index contributed by atoms with van der Waals surface area (Å²) in [6.07, 6.45) is 1.01. The second-order valence-corrected chi connectivity index (χ2v) is 4.91. The van der Waals surface area contributed by atoms with E-state index >= 15 is 0 Å². The molecule has 19 heavy (non-hydrogen) atoms. The minimum absolute atomic E-state index is 0. The molecule has 1 unspecified atom stereocenters. The van der Waals surface area contributed by atoms with Gasteiger partial charge in [-0.05, 0) is 24.8 Å². The number of hydrogen-bond donors (Lipinski definition) is 2. The standard InChI is InChI=1S/C15H25N3.HI/c1-12(2)13(3)18-15(16-4)17-11-10-14-8-6-5-7-9-14;/h5-9,12-13H,10-11H2,1-4H3,(H2,16,17,18);1H. The number of benzene rings is 1. The molecule has 0 aromatic heterocycles. The number of hydrogen-bond acceptors (Lipinski definition) is 1. The highest BCUT2D eigenvalue weighted by Gasteiger charge is 2.08. The van der Waals surface area contributed by atoms with Gasteiger partial charge in [-0.2, -0.15) is 0 Å². The van der Waals surface area contributed by atoms with Crippen LogP contribution in [-0.4, -0.2) is 25.6 Å². The predicted molar refractivity (Wildman–Crippen MR) is 94.4 cm³/mol. The van der Waals surface area contributed by atoms with Gasteiger partial charge in [0.15, 0.2) is 5.96 Å². The van der Waals surface area contributed by atoms with E-state index in [-0.39, 0.29) is 24.0 Å². The highest BCUT2D eigenvalue weighted by atomic mass is 127. The lowest BCUT2D eigenvalue weighted by Crippen LogP contribution is -2.44. The average Bonchev–Trinajstić information content (AvgIpc) is 2.38. The van der Waals surface area contributed by atoms with Gasteiger partial charge in [0.1, 0.15) is 0 Å². The lowest BCUT2D eigenvalue weighted by molar-refractivity contribution is 0.481. The van der Waals surface area contributed by atoms with Crippen molar-refractivity contribution in [3.05, 3.63) is 35.9 Å². The molecule has 4 heteroatoms. The van der Waals surface area contributed by atoms with Crippen molar-refractivity contribution in [3.63, 3.8) is 0 Å². The first-order chi connectivity index (χ1) is 8.63. The van der Waals surface area contributed by atoms with Crippen LogP contribution in [0.4, 0.5) is 0 Å². The van der Waals surface area contributed by atoms with Gasteiger partial charge in [0.2, 0.25) is 0 Å². The van der Waals surface area contributed by atoms with Crippen molar-refractivity contribution in [2.45, 2.75) is 33.2 Å². The Kier molecular flexibility index (Phi) is 9.65. The molecule has 3 nitrogen and oxygen atoms in total. The fraction of sp³-hybridized carbons (Fsp3) is 0.533. The van der Waals surface area contributed by atoms with Crippen LogP contribution in [-0.2, 0) is 6.42 Å². The van der Waals surface area contributed by atoms with Gasteiger partial charge in [-0.3, -0.25) is 4.99 Å². The van der Waals surface area contributed by atoms with Crippen LogP contribution in [0.15, 0.2) is 35.3 Å². The largest absolute Gasteiger partial charge is 0.356 e. The topological polar surface area (TPSA) is 36.4 Å². The van der Waals surface area contributed by atoms with Gasteiger partial charge in [-0.15, -0.1) is 24.0 Å². The second-order valence-electron chi connectivity index (χ2n) is 4.91. The van der Waals surface area contributed by atoms with E-state index in [1.165, 1.54) is 5.56 Å². The first-order valence-electron chi connectivity index (χ1n) is 6.64. The molecule has 0 saturated heterocycles. The number of nitrogens with zero attached hydrogens (tertiary/aromatic N) is 1. The van der Waals surface area contributed by atoms with Crippen LogP contribution in [0.25, 0.3) is 0 Å². The molecule has 0 amide bonds. The van der Waals surface area contributed by atoms with Crippen molar-refractivity contribution < 1.29 is 0 Å². The van der Waals surface area contributed by atoms with E-state index in [0.717, 1.165) is 18.9 Å². The summed E-state index contributed by atoms with van der Waals surface area (Å²) in [5.74, 6) is 1.48. The Balaban J connectivity index is 0.00000324. The average molecular weight is 375 g/mol. The molecule has 1 aromatic rings. The van der Waals surface area contributed by atoms with E-state index in [1.54, 1.807) is 0 Å². The molecule has 0 heterocycles. The van der Waals surface area contributed by atoms with E-state index in [4.69, 9.17) is 0 Å². The normalized spacial score (nSPS) is 12.8. The summed E-state index contributed by atoms with van der Waals surface area (Å²) in [6, 6.07) is 10.9. The fourth-order valence-electron chi connectivity index (χ4n) is 1.55. The highest BCUT2D eigenvalue weighted by Crippen LogP contribution is 2.00. The molecule has 0 aliphatic heterocycles. The van der Waals surface area contributed by atoms with Gasteiger partial charge in [-0.25, -0.2) is 0 Å². The van der Waals surface area contributed by atoms with Crippen LogP contribution in [0.1, 0.15) is 26.3 Å². The molecule has 1 atom stereocenters. The van der Waals surface area contributed by atoms with E-state index in [1.807, 2.05) is 13.1 Å². The third-order valence-electron chi connectivity index (χ3n) is 3.14. The zero-order valence-electron chi connectivity index (χ0n) is 12.3. The van der Waals surface area contributed by atoms with Crippen molar-refractivity contribution in [2.75, 3.05) is 13.6 Å². The van der Waals surface area contributed by atoms with Crippen molar-refractivity contribution in [2.24, 2.45) is 10.9 Å². The van der Waals surface area contributed by atoms with Crippen LogP contribution < -0.4 is 10.6 Å². The maximum atomic E-state index is 4.24. The molecule has 1 rings (SSSR count). The van der Waals surface area contributed by atoms with Crippen LogP contribution in [0.2, 0.25) is 0 Å². The van der Waals surface area contributed by atoms with Gasteiger partial charge in [-0.1, -0.05) is 44.2 Å². The first-order valence-corrected chi connectivity index (χ1v) is 6.64. The van der Waals surface area contributed by atoms with Crippen LogP contribution in [0.3, 0.4) is 0 Å². The molecular formula is C15H26IN3. The Morgan fingerprint density at radius 3 is 2.32 bits per heavy atom. The summed E-state index contributed by atoms with van der Waals surface area (Å²) in [6.45, 7) is 7.48. The third kappa shape index (κ3) is 7.40. The monoisotopic (exact) mass is 375 g/mol. The summed E-state index contributed by atoms with van der Waals surface area (Å²) in [4.78, 5) is 4.24. The van der Waals surface area contributed by atoms with Gasteiger partial charge < -0.3 is 10.6 Å². The molecule has 2 N–H and O–H groups in total. The molecule has 0 bridgehead atoms. The summed E-state index contributed by atoms with van der Waals surface area (Å²) < 4.78 is 0. The van der Waals surface area contributed by atoms with Crippen LogP contribution in [0.5, 0.6) is 0 Å². The van der Waals surface area contributed by atoms with Gasteiger partial charge >= 0.3 is 0 Å². The van der Waals surface area contributed by atoms with Gasteiger partial charge in [0.25, 0.3) is 0 Å². The Bertz CT molecular complexity index is 363. The third-order valence-corrected chi connectivity index (χ3v) is 3.14. The van der Waals surface area contributed by atoms with Gasteiger partial charge in [0.05, 0.1) is 0 Å². The van der Waals surface area contributed by atoms with E-state index in [2.05, 4.69) is 60.7 Å². The number of guanidine groups is 1. The number of aliphatic imine (C=N–C) groups is 1. The molecule has 0 spiro atoms. The van der Waals surface area contributed by atoms with Crippen molar-refractivity contribution in [3.8, 4) is 0 Å². The second kappa shape index (κ2) is 10.1. The summed E-state index contributed by atoms with van der Waals surface area (Å²) in [5, 5.41) is 6.73. The van der Waals surface area contributed by atoms with Crippen molar-refractivity contribution in [1.29, 1.82) is 0 Å². The first kappa shape index (κ1) is 18.2. The quantitative estimate of drug-likeness (QED) is 0.472. The number of nitrogens with one attached hydrogen (secondary N) is 2. The smallest absolute Gasteiger partial charge is 0.191 e. The number of halogens is 1. The maximum Gasteiger partial charge on any atom is 0.191 e. The summed E-state index contributed by atoms with van der Waals surface area (Å²) >= 11 is 0. The molecule has 0 aliphatic carbocycles. The minimum atomic E-state index is 0. The van der Waals surface area contributed by atoms with Crippen LogP contribution >= 0.6 is 24.0 Å². The maximum absolute atomic E-state index is 4.24. The lowest BCUT2D eigenvalue weighted by Gasteiger charge is -2.20. The molecule has 0 fully saturated rings. The zero-order valence-corrected chi connectivity index (χ0v) is 14.6. The molecular weight excluding hydrogens is 349 g/mol. The highest BCUT2D eigenvalue weighted by molar-refractivity contribution is 14.0. The number of rotatable bonds is 5. The molecule has 108 valence electrons. The Morgan fingerprint density at radius 1 is 1.16 bits per heavy atom. The minimum Gasteiger partial charge on any atom is -0.356 e. The SMILES string of the molecule is CN=C(NCCc1ccccc1)NC(C)C(C)C.I. The van der Waals surface area contributed by atoms with Crippen molar-refractivity contribution >= 4 is 29.9 Å².